The van der Waals surface area contributed by atoms with E-state index < -0.39 is 11.9 Å². The number of thioether (sulfide) groups is 1. The van der Waals surface area contributed by atoms with Gasteiger partial charge in [-0.2, -0.15) is 8.78 Å². The molecule has 0 radical (unpaired) electrons. The van der Waals surface area contributed by atoms with Gasteiger partial charge in [0.05, 0.1) is 9.09 Å². The predicted molar refractivity (Wildman–Crippen MR) is 96.5 cm³/mol. The Bertz CT molecular complexity index is 879. The standard InChI is InChI=1S/C17H11F4NS3/c18-11-3-1-10(2-4-11)17-22-9-14(25-17)13-5-6-15(24-13)23-8-7-12(19)16(20)21/h1-6,9H,7-8H2. The fraction of sp³-hybridized carbons (Fsp3) is 0.118. The van der Waals surface area contributed by atoms with Crippen molar-refractivity contribution in [2.45, 2.75) is 10.6 Å². The van der Waals surface area contributed by atoms with Crippen molar-refractivity contribution in [2.24, 2.45) is 0 Å². The summed E-state index contributed by atoms with van der Waals surface area (Å²) in [6.45, 7) is 0. The molecule has 0 saturated carbocycles. The second kappa shape index (κ2) is 8.16. The van der Waals surface area contributed by atoms with Gasteiger partial charge in [0.1, 0.15) is 10.8 Å². The number of benzene rings is 1. The van der Waals surface area contributed by atoms with E-state index in [1.165, 1.54) is 46.6 Å². The minimum atomic E-state index is -2.24. The van der Waals surface area contributed by atoms with E-state index in [1.807, 2.05) is 12.1 Å². The molecule has 0 N–H and O–H groups in total. The maximum Gasteiger partial charge on any atom is 0.301 e. The van der Waals surface area contributed by atoms with Gasteiger partial charge in [0.25, 0.3) is 0 Å². The SMILES string of the molecule is FC(F)=C(F)CCSc1ccc(-c2cnc(-c3ccc(F)cc3)s2)s1. The van der Waals surface area contributed by atoms with E-state index >= 15 is 0 Å². The van der Waals surface area contributed by atoms with Crippen molar-refractivity contribution >= 4 is 34.4 Å². The van der Waals surface area contributed by atoms with Crippen LogP contribution in [0.3, 0.4) is 0 Å². The summed E-state index contributed by atoms with van der Waals surface area (Å²) < 4.78 is 50.7. The van der Waals surface area contributed by atoms with Gasteiger partial charge in [0.2, 0.25) is 0 Å². The van der Waals surface area contributed by atoms with E-state index in [0.29, 0.717) is 0 Å². The third-order valence-electron chi connectivity index (χ3n) is 3.19. The fourth-order valence-electron chi connectivity index (χ4n) is 1.98. The Kier molecular flexibility index (Phi) is 5.93. The third-order valence-corrected chi connectivity index (χ3v) is 6.75. The van der Waals surface area contributed by atoms with Crippen LogP contribution in [0, 0.1) is 5.82 Å². The van der Waals surface area contributed by atoms with Gasteiger partial charge < -0.3 is 0 Å². The number of hydrogen-bond acceptors (Lipinski definition) is 4. The Morgan fingerprint density at radius 1 is 0.960 bits per heavy atom. The highest BCUT2D eigenvalue weighted by atomic mass is 32.2. The minimum Gasteiger partial charge on any atom is -0.244 e. The molecule has 25 heavy (non-hydrogen) atoms. The Hall–Kier alpha value is -1.64. The number of aromatic nitrogens is 1. The average Bonchev–Trinajstić information content (AvgIpc) is 3.24. The summed E-state index contributed by atoms with van der Waals surface area (Å²) in [6.07, 6.45) is -0.773. The van der Waals surface area contributed by atoms with Crippen LogP contribution >= 0.6 is 34.4 Å². The molecule has 0 amide bonds. The van der Waals surface area contributed by atoms with Crippen molar-refractivity contribution in [3.63, 3.8) is 0 Å². The van der Waals surface area contributed by atoms with Gasteiger partial charge in [-0.3, -0.25) is 0 Å². The van der Waals surface area contributed by atoms with Crippen LogP contribution in [0.5, 0.6) is 0 Å². The number of allylic oxidation sites excluding steroid dienone is 1. The van der Waals surface area contributed by atoms with E-state index in [0.717, 1.165) is 24.5 Å². The summed E-state index contributed by atoms with van der Waals surface area (Å²) in [4.78, 5) is 6.33. The summed E-state index contributed by atoms with van der Waals surface area (Å²) in [5.41, 5.74) is 0.847. The van der Waals surface area contributed by atoms with Crippen LogP contribution in [0.4, 0.5) is 17.6 Å². The van der Waals surface area contributed by atoms with Gasteiger partial charge in [0.15, 0.2) is 5.83 Å². The average molecular weight is 401 g/mol. The first-order valence-electron chi connectivity index (χ1n) is 7.17. The first-order valence-corrected chi connectivity index (χ1v) is 9.79. The zero-order chi connectivity index (χ0) is 17.8. The number of thiophene rings is 1. The van der Waals surface area contributed by atoms with Gasteiger partial charge in [0, 0.05) is 28.8 Å². The maximum atomic E-state index is 13.0. The number of halogens is 4. The number of hydrogen-bond donors (Lipinski definition) is 0. The molecule has 3 rings (SSSR count). The van der Waals surface area contributed by atoms with E-state index in [9.17, 15) is 17.6 Å². The van der Waals surface area contributed by atoms with Crippen molar-refractivity contribution in [2.75, 3.05) is 5.75 Å². The predicted octanol–water partition coefficient (Wildman–Crippen LogP) is 7.24. The van der Waals surface area contributed by atoms with Crippen molar-refractivity contribution in [1.82, 2.24) is 4.98 Å². The molecule has 0 aliphatic rings. The first-order chi connectivity index (χ1) is 12.0. The van der Waals surface area contributed by atoms with Crippen LogP contribution < -0.4 is 0 Å². The number of rotatable bonds is 6. The Balaban J connectivity index is 1.66. The van der Waals surface area contributed by atoms with E-state index in [4.69, 9.17) is 0 Å². The monoisotopic (exact) mass is 401 g/mol. The minimum absolute atomic E-state index is 0.257. The van der Waals surface area contributed by atoms with Gasteiger partial charge in [-0.1, -0.05) is 0 Å². The highest BCUT2D eigenvalue weighted by Gasteiger charge is 2.10. The Morgan fingerprint density at radius 3 is 2.44 bits per heavy atom. The quantitative estimate of drug-likeness (QED) is 0.319. The molecule has 0 unspecified atom stereocenters. The molecule has 0 atom stereocenters. The highest BCUT2D eigenvalue weighted by molar-refractivity contribution is 8.01. The van der Waals surface area contributed by atoms with Gasteiger partial charge >= 0.3 is 6.08 Å². The topological polar surface area (TPSA) is 12.9 Å². The maximum absolute atomic E-state index is 13.0. The second-order valence-electron chi connectivity index (χ2n) is 4.92. The van der Waals surface area contributed by atoms with Crippen LogP contribution in [0.2, 0.25) is 0 Å². The van der Waals surface area contributed by atoms with Crippen molar-refractivity contribution in [3.05, 3.63) is 60.3 Å². The molecule has 8 heteroatoms. The summed E-state index contributed by atoms with van der Waals surface area (Å²) in [5, 5.41) is 0.795. The van der Waals surface area contributed by atoms with Crippen molar-refractivity contribution in [3.8, 4) is 20.3 Å². The lowest BCUT2D eigenvalue weighted by Crippen LogP contribution is -1.81. The van der Waals surface area contributed by atoms with E-state index in [1.54, 1.807) is 18.3 Å². The lowest BCUT2D eigenvalue weighted by molar-refractivity contribution is 0.373. The number of thiazole rings is 1. The second-order valence-corrected chi connectivity index (χ2v) is 8.43. The molecular weight excluding hydrogens is 390 g/mol. The van der Waals surface area contributed by atoms with E-state index in [-0.39, 0.29) is 18.0 Å². The molecule has 0 aliphatic carbocycles. The Labute approximate surface area is 154 Å². The van der Waals surface area contributed by atoms with Gasteiger partial charge in [-0.15, -0.1) is 34.4 Å². The zero-order valence-electron chi connectivity index (χ0n) is 12.6. The molecule has 0 aliphatic heterocycles. The molecule has 2 heterocycles. The molecule has 0 bridgehead atoms. The fourth-order valence-corrected chi connectivity index (χ4v) is 5.12. The van der Waals surface area contributed by atoms with Crippen molar-refractivity contribution in [1.29, 1.82) is 0 Å². The molecule has 3 aromatic rings. The smallest absolute Gasteiger partial charge is 0.244 e. The summed E-state index contributed by atoms with van der Waals surface area (Å²) in [7, 11) is 0. The molecule has 1 aromatic carbocycles. The van der Waals surface area contributed by atoms with Gasteiger partial charge in [-0.05, 0) is 36.4 Å². The largest absolute Gasteiger partial charge is 0.301 e. The van der Waals surface area contributed by atoms with Crippen molar-refractivity contribution < 1.29 is 17.6 Å². The summed E-state index contributed by atoms with van der Waals surface area (Å²) >= 11 is 4.34. The zero-order valence-corrected chi connectivity index (χ0v) is 15.1. The molecular formula is C17H11F4NS3. The molecule has 130 valence electrons. The summed E-state index contributed by atoms with van der Waals surface area (Å²) in [6, 6.07) is 9.96. The van der Waals surface area contributed by atoms with E-state index in [2.05, 4.69) is 4.98 Å². The molecule has 2 aromatic heterocycles. The normalized spacial score (nSPS) is 10.9. The first kappa shape index (κ1) is 18.2. The lowest BCUT2D eigenvalue weighted by atomic mass is 10.2. The van der Waals surface area contributed by atoms with Gasteiger partial charge in [-0.25, -0.2) is 13.8 Å². The van der Waals surface area contributed by atoms with Crippen LogP contribution in [0.15, 0.2) is 58.7 Å². The third kappa shape index (κ3) is 4.71. The van der Waals surface area contributed by atoms with Crippen LogP contribution in [0.1, 0.15) is 6.42 Å². The highest BCUT2D eigenvalue weighted by Crippen LogP contribution is 2.39. The van der Waals surface area contributed by atoms with Crippen LogP contribution in [-0.2, 0) is 0 Å². The van der Waals surface area contributed by atoms with Crippen LogP contribution in [0.25, 0.3) is 20.3 Å². The lowest BCUT2D eigenvalue weighted by Gasteiger charge is -1.96. The number of nitrogens with zero attached hydrogens (tertiary/aromatic N) is 1. The van der Waals surface area contributed by atoms with Crippen LogP contribution in [-0.4, -0.2) is 10.7 Å². The molecule has 0 fully saturated rings. The molecule has 0 saturated heterocycles. The Morgan fingerprint density at radius 2 is 1.72 bits per heavy atom. The summed E-state index contributed by atoms with van der Waals surface area (Å²) in [5.74, 6) is -1.39. The molecule has 1 nitrogen and oxygen atoms in total. The molecule has 0 spiro atoms.